The number of aromatic nitrogens is 2. The predicted octanol–water partition coefficient (Wildman–Crippen LogP) is 0.256. The van der Waals surface area contributed by atoms with Gasteiger partial charge >= 0.3 is 12.1 Å². The molecule has 0 atom stereocenters. The van der Waals surface area contributed by atoms with E-state index in [4.69, 9.17) is 11.5 Å². The van der Waals surface area contributed by atoms with E-state index in [1.54, 1.807) is 26.0 Å². The molecular formula is C17H18F4N6O. The second-order valence-electron chi connectivity index (χ2n) is 5.96. The first kappa shape index (κ1) is 20.9. The Morgan fingerprint density at radius 1 is 1.32 bits per heavy atom. The van der Waals surface area contributed by atoms with Crippen LogP contribution in [0.4, 0.5) is 17.6 Å². The number of halogens is 4. The first-order chi connectivity index (χ1) is 13.1. The van der Waals surface area contributed by atoms with Crippen LogP contribution in [-0.2, 0) is 11.3 Å². The number of hydrogen-bond acceptors (Lipinski definition) is 4. The molecule has 0 saturated heterocycles. The fraction of sp³-hybridized carbons (Fsp3) is 0.235. The summed E-state index contributed by atoms with van der Waals surface area (Å²) >= 11 is 0. The van der Waals surface area contributed by atoms with Gasteiger partial charge in [-0.25, -0.2) is 9.82 Å². The zero-order valence-electron chi connectivity index (χ0n) is 15.0. The molecule has 0 aliphatic rings. The van der Waals surface area contributed by atoms with Gasteiger partial charge in [0.2, 0.25) is 0 Å². The highest BCUT2D eigenvalue weighted by Gasteiger charge is 2.38. The van der Waals surface area contributed by atoms with Crippen LogP contribution in [0, 0.1) is 5.82 Å². The highest BCUT2D eigenvalue weighted by atomic mass is 19.4. The van der Waals surface area contributed by atoms with Crippen molar-refractivity contribution in [3.05, 3.63) is 51.9 Å². The van der Waals surface area contributed by atoms with Crippen LogP contribution in [0.1, 0.15) is 25.1 Å². The summed E-state index contributed by atoms with van der Waals surface area (Å²) < 4.78 is 52.2. The monoisotopic (exact) mass is 398 g/mol. The smallest absolute Gasteiger partial charge is 0.403 e. The first-order valence-corrected chi connectivity index (χ1v) is 7.96. The van der Waals surface area contributed by atoms with E-state index in [0.29, 0.717) is 21.7 Å². The van der Waals surface area contributed by atoms with Crippen molar-refractivity contribution >= 4 is 23.5 Å². The molecule has 0 unspecified atom stereocenters. The molecule has 1 aromatic heterocycles. The highest BCUT2D eigenvalue weighted by molar-refractivity contribution is 5.97. The Morgan fingerprint density at radius 2 is 1.96 bits per heavy atom. The van der Waals surface area contributed by atoms with Gasteiger partial charge < -0.3 is 11.5 Å². The van der Waals surface area contributed by atoms with E-state index in [9.17, 15) is 22.4 Å². The SMILES string of the molecule is CC(C)=c1c(/C(N)=N/NC(=O)C(F)(F)F)nn(Cc2ccccc2F)/c1=C/N. The maximum absolute atomic E-state index is 14.0. The number of carbonyl (C=O) groups is 1. The number of rotatable bonds is 4. The van der Waals surface area contributed by atoms with Crippen LogP contribution in [0.15, 0.2) is 29.4 Å². The van der Waals surface area contributed by atoms with Crippen molar-refractivity contribution in [2.45, 2.75) is 26.6 Å². The molecule has 0 bridgehead atoms. The molecule has 2 rings (SSSR count). The summed E-state index contributed by atoms with van der Waals surface area (Å²) in [5.74, 6) is -3.19. The van der Waals surface area contributed by atoms with Crippen LogP contribution < -0.4 is 27.5 Å². The van der Waals surface area contributed by atoms with Crippen molar-refractivity contribution in [3.8, 4) is 0 Å². The van der Waals surface area contributed by atoms with Crippen LogP contribution in [0.5, 0.6) is 0 Å². The van der Waals surface area contributed by atoms with Crippen molar-refractivity contribution in [2.24, 2.45) is 16.6 Å². The average Bonchev–Trinajstić information content (AvgIpc) is 2.99. The molecule has 150 valence electrons. The Morgan fingerprint density at radius 3 is 2.50 bits per heavy atom. The summed E-state index contributed by atoms with van der Waals surface area (Å²) in [6.45, 7) is 3.42. The van der Waals surface area contributed by atoms with Crippen molar-refractivity contribution in [3.63, 3.8) is 0 Å². The molecule has 11 heteroatoms. The quantitative estimate of drug-likeness (QED) is 0.297. The van der Waals surface area contributed by atoms with Crippen LogP contribution >= 0.6 is 0 Å². The van der Waals surface area contributed by atoms with E-state index in [1.807, 2.05) is 0 Å². The zero-order valence-corrected chi connectivity index (χ0v) is 15.0. The largest absolute Gasteiger partial charge is 0.473 e. The summed E-state index contributed by atoms with van der Waals surface area (Å²) in [5.41, 5.74) is 13.8. The molecule has 2 aromatic rings. The maximum Gasteiger partial charge on any atom is 0.473 e. The standard InChI is InChI=1S/C17H18F4N6O/c1-9(2)13-12(7-22)27(8-10-5-3-4-6-11(10)18)26-14(13)15(23)24-25-16(28)17(19,20)21/h3-7H,8,22H2,1-2H3,(H2,23,24)(H,25,28)/b12-7+. The van der Waals surface area contributed by atoms with Gasteiger partial charge in [-0.2, -0.15) is 23.4 Å². The summed E-state index contributed by atoms with van der Waals surface area (Å²) in [4.78, 5) is 10.9. The molecule has 0 radical (unpaired) electrons. The molecule has 1 heterocycles. The maximum atomic E-state index is 14.0. The number of amides is 1. The molecular weight excluding hydrogens is 380 g/mol. The Labute approximate surface area is 157 Å². The molecule has 7 nitrogen and oxygen atoms in total. The number of amidine groups is 1. The first-order valence-electron chi connectivity index (χ1n) is 7.96. The fourth-order valence-corrected chi connectivity index (χ4v) is 2.45. The lowest BCUT2D eigenvalue weighted by Crippen LogP contribution is -2.38. The number of nitrogens with one attached hydrogen (secondary N) is 1. The lowest BCUT2D eigenvalue weighted by Gasteiger charge is -2.04. The topological polar surface area (TPSA) is 111 Å². The van der Waals surface area contributed by atoms with Crippen LogP contribution in [0.25, 0.3) is 11.8 Å². The molecule has 0 aliphatic heterocycles. The molecule has 0 spiro atoms. The zero-order chi connectivity index (χ0) is 21.1. The molecule has 0 aliphatic carbocycles. The number of nitrogens with two attached hydrogens (primary N) is 2. The molecule has 0 fully saturated rings. The normalized spacial score (nSPS) is 12.9. The van der Waals surface area contributed by atoms with E-state index < -0.39 is 23.7 Å². The van der Waals surface area contributed by atoms with Crippen molar-refractivity contribution in [1.29, 1.82) is 0 Å². The van der Waals surface area contributed by atoms with E-state index in [1.165, 1.54) is 28.4 Å². The predicted molar refractivity (Wildman–Crippen MR) is 95.3 cm³/mol. The Balaban J connectivity index is 2.54. The van der Waals surface area contributed by atoms with Crippen molar-refractivity contribution < 1.29 is 22.4 Å². The van der Waals surface area contributed by atoms with Gasteiger partial charge in [-0.3, -0.25) is 9.48 Å². The van der Waals surface area contributed by atoms with Gasteiger partial charge in [0.05, 0.1) is 11.9 Å². The van der Waals surface area contributed by atoms with Gasteiger partial charge in [0, 0.05) is 17.0 Å². The minimum Gasteiger partial charge on any atom is -0.403 e. The molecule has 1 aromatic carbocycles. The summed E-state index contributed by atoms with van der Waals surface area (Å²) in [6.07, 6.45) is -3.89. The van der Waals surface area contributed by atoms with Crippen molar-refractivity contribution in [2.75, 3.05) is 0 Å². The summed E-state index contributed by atoms with van der Waals surface area (Å²) in [6, 6.07) is 6.02. The second-order valence-corrected chi connectivity index (χ2v) is 5.96. The molecule has 28 heavy (non-hydrogen) atoms. The number of nitrogens with zero attached hydrogens (tertiary/aromatic N) is 3. The molecule has 0 saturated carbocycles. The van der Waals surface area contributed by atoms with Gasteiger partial charge in [0.1, 0.15) is 11.5 Å². The summed E-state index contributed by atoms with van der Waals surface area (Å²) in [7, 11) is 0. The number of hydrazone groups is 1. The third kappa shape index (κ3) is 4.48. The van der Waals surface area contributed by atoms with E-state index >= 15 is 0 Å². The second kappa shape index (κ2) is 8.11. The molecule has 1 amide bonds. The number of alkyl halides is 3. The highest BCUT2D eigenvalue weighted by Crippen LogP contribution is 2.13. The Bertz CT molecular complexity index is 1030. The van der Waals surface area contributed by atoms with Gasteiger partial charge in [0.15, 0.2) is 5.84 Å². The number of hydrogen-bond donors (Lipinski definition) is 3. The van der Waals surface area contributed by atoms with Crippen molar-refractivity contribution in [1.82, 2.24) is 15.2 Å². The lowest BCUT2D eigenvalue weighted by atomic mass is 10.2. The molecule has 5 N–H and O–H groups in total. The van der Waals surface area contributed by atoms with E-state index in [2.05, 4.69) is 10.2 Å². The summed E-state index contributed by atoms with van der Waals surface area (Å²) in [5, 5.41) is 8.27. The van der Waals surface area contributed by atoms with Gasteiger partial charge in [-0.15, -0.1) is 0 Å². The van der Waals surface area contributed by atoms with Gasteiger partial charge in [-0.1, -0.05) is 23.8 Å². The third-order valence-corrected chi connectivity index (χ3v) is 3.71. The van der Waals surface area contributed by atoms with Gasteiger partial charge in [0.25, 0.3) is 0 Å². The minimum atomic E-state index is -5.11. The van der Waals surface area contributed by atoms with E-state index in [-0.39, 0.29) is 12.2 Å². The van der Waals surface area contributed by atoms with E-state index in [0.717, 1.165) is 0 Å². The third-order valence-electron chi connectivity index (χ3n) is 3.71. The Hall–Kier alpha value is -3.37. The van der Waals surface area contributed by atoms with Crippen LogP contribution in [0.2, 0.25) is 0 Å². The average molecular weight is 398 g/mol. The minimum absolute atomic E-state index is 0.00181. The van der Waals surface area contributed by atoms with Crippen LogP contribution in [-0.4, -0.2) is 27.7 Å². The Kier molecular flexibility index (Phi) is 6.06. The lowest BCUT2D eigenvalue weighted by molar-refractivity contribution is -0.173. The number of carbonyl (C=O) groups excluding carboxylic acids is 1. The fourth-order valence-electron chi connectivity index (χ4n) is 2.45. The van der Waals surface area contributed by atoms with Gasteiger partial charge in [-0.05, 0) is 19.9 Å². The van der Waals surface area contributed by atoms with Crippen LogP contribution in [0.3, 0.4) is 0 Å². The number of benzene rings is 1.